The van der Waals surface area contributed by atoms with Crippen LogP contribution in [-0.2, 0) is 22.5 Å². The van der Waals surface area contributed by atoms with Crippen LogP contribution in [0.25, 0.3) is 11.0 Å². The second-order valence-corrected chi connectivity index (χ2v) is 11.5. The predicted octanol–water partition coefficient (Wildman–Crippen LogP) is 3.51. The Morgan fingerprint density at radius 1 is 1.23 bits per heavy atom. The second-order valence-electron chi connectivity index (χ2n) is 10.7. The summed E-state index contributed by atoms with van der Waals surface area (Å²) in [5.74, 6) is -1.78. The summed E-state index contributed by atoms with van der Waals surface area (Å²) in [6, 6.07) is 9.22. The first kappa shape index (κ1) is 31.1. The standard InChI is InChI=1S/C30H30Cl2N6O6/c1-16-12-38(14-24(16)43-2)30(35-15-33)34-11-21(29(41)42)36-27(39)25-20(31)9-18-13-37(8-7-19(18)26(25)32)28(40)23-10-17-5-3-4-6-22(17)44-23/h3-6,9-10,16,21,24H,7-8,11-14H2,1-2H3,(H,34,35)(H,36,39)(H,41,42)/t16-,21+,24-/m1/s1. The summed E-state index contributed by atoms with van der Waals surface area (Å²) in [7, 11) is 1.60. The van der Waals surface area contributed by atoms with E-state index in [4.69, 9.17) is 32.4 Å². The normalized spacial score (nSPS) is 18.9. The first-order valence-electron chi connectivity index (χ1n) is 13.9. The Hall–Kier alpha value is -4.31. The third-order valence-corrected chi connectivity index (χ3v) is 8.64. The number of aliphatic imine (C=N–C) groups is 1. The summed E-state index contributed by atoms with van der Waals surface area (Å²) in [6.45, 7) is 3.29. The number of carbonyl (C=O) groups is 3. The lowest BCUT2D eigenvalue weighted by molar-refractivity contribution is -0.139. The van der Waals surface area contributed by atoms with Crippen molar-refractivity contribution in [3.8, 4) is 6.19 Å². The minimum absolute atomic E-state index is 0.0183. The number of para-hydroxylation sites is 1. The van der Waals surface area contributed by atoms with Gasteiger partial charge >= 0.3 is 5.97 Å². The Balaban J connectivity index is 1.28. The van der Waals surface area contributed by atoms with Crippen molar-refractivity contribution in [3.63, 3.8) is 0 Å². The van der Waals surface area contributed by atoms with Gasteiger partial charge in [-0.2, -0.15) is 5.26 Å². The molecule has 12 nitrogen and oxygen atoms in total. The van der Waals surface area contributed by atoms with E-state index in [1.807, 2.05) is 25.1 Å². The minimum atomic E-state index is -1.40. The molecule has 0 unspecified atom stereocenters. The van der Waals surface area contributed by atoms with Crippen LogP contribution in [0.5, 0.6) is 0 Å². The number of methoxy groups -OCH3 is 1. The van der Waals surface area contributed by atoms with E-state index in [9.17, 15) is 24.8 Å². The van der Waals surface area contributed by atoms with Crippen LogP contribution in [0, 0.1) is 17.4 Å². The van der Waals surface area contributed by atoms with Gasteiger partial charge in [0.2, 0.25) is 12.2 Å². The van der Waals surface area contributed by atoms with Crippen LogP contribution in [0.3, 0.4) is 0 Å². The molecular weight excluding hydrogens is 611 g/mol. The highest BCUT2D eigenvalue weighted by atomic mass is 35.5. The van der Waals surface area contributed by atoms with Crippen LogP contribution >= 0.6 is 23.2 Å². The number of nitrogens with one attached hydrogen (secondary N) is 2. The van der Waals surface area contributed by atoms with Crippen LogP contribution in [-0.4, -0.2) is 84.1 Å². The number of likely N-dealkylation sites (tertiary alicyclic amines) is 1. The average molecular weight is 642 g/mol. The van der Waals surface area contributed by atoms with Gasteiger partial charge in [-0.15, -0.1) is 4.99 Å². The number of fused-ring (bicyclic) bond motifs is 2. The van der Waals surface area contributed by atoms with Gasteiger partial charge in [0.05, 0.1) is 21.7 Å². The number of carboxylic acids is 1. The number of benzene rings is 2. The molecule has 44 heavy (non-hydrogen) atoms. The minimum Gasteiger partial charge on any atom is -0.480 e. The van der Waals surface area contributed by atoms with Gasteiger partial charge in [0.1, 0.15) is 11.6 Å². The van der Waals surface area contributed by atoms with E-state index in [0.29, 0.717) is 42.8 Å². The number of hydrogen-bond acceptors (Lipinski definition) is 7. The summed E-state index contributed by atoms with van der Waals surface area (Å²) >= 11 is 13.2. The Morgan fingerprint density at radius 3 is 2.68 bits per heavy atom. The fourth-order valence-electron chi connectivity index (χ4n) is 5.59. The number of amides is 2. The molecule has 0 radical (unpaired) electrons. The number of hydrogen-bond donors (Lipinski definition) is 3. The maximum atomic E-state index is 13.3. The van der Waals surface area contributed by atoms with E-state index < -0.39 is 17.9 Å². The summed E-state index contributed by atoms with van der Waals surface area (Å²) in [5.41, 5.74) is 1.89. The average Bonchev–Trinajstić information content (AvgIpc) is 3.61. The van der Waals surface area contributed by atoms with Gasteiger partial charge in [0.25, 0.3) is 11.8 Å². The molecule has 3 aromatic rings. The second kappa shape index (κ2) is 13.1. The molecule has 3 N–H and O–H groups in total. The van der Waals surface area contributed by atoms with E-state index >= 15 is 0 Å². The van der Waals surface area contributed by atoms with E-state index in [-0.39, 0.29) is 58.3 Å². The van der Waals surface area contributed by atoms with Crippen LogP contribution in [0.1, 0.15) is 39.0 Å². The number of halogens is 2. The van der Waals surface area contributed by atoms with Crippen molar-refractivity contribution in [1.29, 1.82) is 5.26 Å². The zero-order valence-electron chi connectivity index (χ0n) is 24.0. The molecule has 2 amide bonds. The molecule has 230 valence electrons. The number of guanidine groups is 1. The van der Waals surface area contributed by atoms with Crippen molar-refractivity contribution in [2.75, 3.05) is 33.3 Å². The summed E-state index contributed by atoms with van der Waals surface area (Å²) < 4.78 is 11.2. The number of aliphatic carboxylic acids is 1. The highest BCUT2D eigenvalue weighted by Crippen LogP contribution is 2.35. The van der Waals surface area contributed by atoms with Crippen LogP contribution in [0.4, 0.5) is 0 Å². The Labute approximate surface area is 263 Å². The van der Waals surface area contributed by atoms with Crippen molar-refractivity contribution in [3.05, 3.63) is 68.9 Å². The Bertz CT molecular complexity index is 1650. The zero-order valence-corrected chi connectivity index (χ0v) is 25.5. The van der Waals surface area contributed by atoms with Gasteiger partial charge in [-0.1, -0.05) is 48.3 Å². The highest BCUT2D eigenvalue weighted by molar-refractivity contribution is 6.40. The SMILES string of the molecule is CO[C@@H]1CN(/C(=N\C#N)NC[C@H](NC(=O)c2c(Cl)cc3c(c2Cl)CCN(C(=O)c2cc4ccccc4o2)C3)C(=O)O)C[C@H]1C. The van der Waals surface area contributed by atoms with E-state index in [1.165, 1.54) is 0 Å². The molecule has 5 rings (SSSR count). The fraction of sp³-hybridized carbons (Fsp3) is 0.367. The lowest BCUT2D eigenvalue weighted by Gasteiger charge is -2.30. The lowest BCUT2D eigenvalue weighted by Crippen LogP contribution is -2.51. The third kappa shape index (κ3) is 6.31. The number of carboxylic acid groups (broad SMARTS) is 1. The molecular formula is C30H30Cl2N6O6. The van der Waals surface area contributed by atoms with Crippen molar-refractivity contribution in [2.45, 2.75) is 32.0 Å². The maximum absolute atomic E-state index is 13.3. The molecule has 2 aliphatic heterocycles. The number of nitriles is 1. The number of carbonyl (C=O) groups excluding carboxylic acids is 2. The molecule has 0 saturated carbocycles. The van der Waals surface area contributed by atoms with Crippen LogP contribution in [0.15, 0.2) is 45.8 Å². The number of ether oxygens (including phenoxy) is 1. The van der Waals surface area contributed by atoms with E-state index in [1.54, 1.807) is 41.3 Å². The Morgan fingerprint density at radius 2 is 2.00 bits per heavy atom. The molecule has 2 aliphatic rings. The van der Waals surface area contributed by atoms with Crippen molar-refractivity contribution < 1.29 is 28.6 Å². The van der Waals surface area contributed by atoms with Crippen molar-refractivity contribution >= 4 is 57.9 Å². The summed E-state index contributed by atoms with van der Waals surface area (Å²) in [4.78, 5) is 45.8. The molecule has 2 aromatic carbocycles. The molecule has 1 fully saturated rings. The molecule has 3 atom stereocenters. The summed E-state index contributed by atoms with van der Waals surface area (Å²) in [6.07, 6.45) is 2.01. The molecule has 0 aliphatic carbocycles. The van der Waals surface area contributed by atoms with Gasteiger partial charge in [0.15, 0.2) is 5.76 Å². The maximum Gasteiger partial charge on any atom is 0.328 e. The van der Waals surface area contributed by atoms with Gasteiger partial charge in [-0.3, -0.25) is 9.59 Å². The van der Waals surface area contributed by atoms with Crippen LogP contribution < -0.4 is 10.6 Å². The number of furan rings is 1. The Kier molecular flexibility index (Phi) is 9.29. The topological polar surface area (TPSA) is 160 Å². The number of nitrogens with zero attached hydrogens (tertiary/aromatic N) is 4. The first-order chi connectivity index (χ1) is 21.1. The molecule has 1 saturated heterocycles. The lowest BCUT2D eigenvalue weighted by atomic mass is 9.96. The largest absolute Gasteiger partial charge is 0.480 e. The quantitative estimate of drug-likeness (QED) is 0.199. The first-order valence-corrected chi connectivity index (χ1v) is 14.7. The predicted molar refractivity (Wildman–Crippen MR) is 163 cm³/mol. The smallest absolute Gasteiger partial charge is 0.328 e. The monoisotopic (exact) mass is 640 g/mol. The van der Waals surface area contributed by atoms with Gasteiger partial charge in [-0.25, -0.2) is 4.79 Å². The zero-order chi connectivity index (χ0) is 31.5. The number of rotatable bonds is 7. The van der Waals surface area contributed by atoms with Gasteiger partial charge in [0, 0.05) is 51.1 Å². The third-order valence-electron chi connectivity index (χ3n) is 7.92. The van der Waals surface area contributed by atoms with E-state index in [2.05, 4.69) is 15.6 Å². The highest BCUT2D eigenvalue weighted by Gasteiger charge is 2.33. The summed E-state index contributed by atoms with van der Waals surface area (Å²) in [5, 5.41) is 25.3. The molecule has 0 bridgehead atoms. The molecule has 0 spiro atoms. The molecule has 3 heterocycles. The van der Waals surface area contributed by atoms with Gasteiger partial charge in [-0.05, 0) is 35.7 Å². The van der Waals surface area contributed by atoms with Gasteiger partial charge < -0.3 is 34.7 Å². The van der Waals surface area contributed by atoms with Crippen molar-refractivity contribution in [1.82, 2.24) is 20.4 Å². The van der Waals surface area contributed by atoms with Crippen molar-refractivity contribution in [2.24, 2.45) is 10.9 Å². The van der Waals surface area contributed by atoms with Crippen LogP contribution in [0.2, 0.25) is 10.0 Å². The van der Waals surface area contributed by atoms with E-state index in [0.717, 1.165) is 5.39 Å². The molecule has 14 heteroatoms. The molecule has 1 aromatic heterocycles. The fourth-order valence-corrected chi connectivity index (χ4v) is 6.35.